The molecular weight excluding hydrogens is 567 g/mol. The van der Waals surface area contributed by atoms with Gasteiger partial charge in [0, 0.05) is 49.7 Å². The van der Waals surface area contributed by atoms with Crippen LogP contribution in [0.3, 0.4) is 0 Å². The van der Waals surface area contributed by atoms with Gasteiger partial charge in [-0.25, -0.2) is 22.6 Å². The number of anilines is 2. The van der Waals surface area contributed by atoms with Gasteiger partial charge in [-0.3, -0.25) is 4.79 Å². The maximum Gasteiger partial charge on any atom is 0.323 e. The fourth-order valence-corrected chi connectivity index (χ4v) is 5.73. The van der Waals surface area contributed by atoms with Crippen molar-refractivity contribution in [2.24, 2.45) is 13.0 Å². The van der Waals surface area contributed by atoms with Crippen molar-refractivity contribution in [3.63, 3.8) is 0 Å². The van der Waals surface area contributed by atoms with E-state index in [1.165, 1.54) is 48.1 Å². The number of benzene rings is 2. The lowest BCUT2D eigenvalue weighted by Gasteiger charge is -2.33. The summed E-state index contributed by atoms with van der Waals surface area (Å²) in [7, 11) is -0.796. The number of aromatic nitrogens is 2. The first-order chi connectivity index (χ1) is 19.9. The van der Waals surface area contributed by atoms with Gasteiger partial charge in [0.05, 0.1) is 31.9 Å². The number of carbonyl (C=O) groups is 2. The third-order valence-electron chi connectivity index (χ3n) is 7.07. The number of aliphatic hydroxyl groups is 1. The van der Waals surface area contributed by atoms with Crippen LogP contribution in [0.5, 0.6) is 5.75 Å². The second-order valence-corrected chi connectivity index (χ2v) is 12.5. The molecule has 2 heterocycles. The van der Waals surface area contributed by atoms with Crippen LogP contribution in [0.1, 0.15) is 19.4 Å². The van der Waals surface area contributed by atoms with Crippen LogP contribution in [0.25, 0.3) is 0 Å². The molecule has 3 amide bonds. The van der Waals surface area contributed by atoms with Crippen LogP contribution in [0.4, 0.5) is 20.6 Å². The zero-order valence-electron chi connectivity index (χ0n) is 23.8. The molecular formula is C28H35FN6O6S. The molecule has 0 fully saturated rings. The molecule has 1 aromatic heterocycles. The highest BCUT2D eigenvalue weighted by Crippen LogP contribution is 2.30. The highest BCUT2D eigenvalue weighted by molar-refractivity contribution is 7.89. The molecule has 3 aromatic rings. The number of urea groups is 1. The molecule has 3 N–H and O–H groups in total. The fourth-order valence-electron chi connectivity index (χ4n) is 4.59. The van der Waals surface area contributed by atoms with Crippen molar-refractivity contribution in [1.82, 2.24) is 18.8 Å². The van der Waals surface area contributed by atoms with Crippen molar-refractivity contribution in [1.29, 1.82) is 0 Å². The number of sulfonamides is 1. The van der Waals surface area contributed by atoms with Crippen LogP contribution in [0, 0.1) is 11.7 Å². The number of likely N-dealkylation sites (N-methyl/N-ethyl adjacent to an activating group) is 1. The van der Waals surface area contributed by atoms with Gasteiger partial charge in [-0.1, -0.05) is 6.92 Å². The lowest BCUT2D eigenvalue weighted by atomic mass is 10.0. The van der Waals surface area contributed by atoms with Crippen molar-refractivity contribution in [2.75, 3.05) is 37.4 Å². The number of halogens is 1. The summed E-state index contributed by atoms with van der Waals surface area (Å²) in [5.41, 5.74) is 1.25. The van der Waals surface area contributed by atoms with Gasteiger partial charge in [-0.05, 0) is 49.4 Å². The van der Waals surface area contributed by atoms with Gasteiger partial charge in [-0.2, -0.15) is 4.31 Å². The van der Waals surface area contributed by atoms with E-state index in [9.17, 15) is 27.5 Å². The first-order valence-electron chi connectivity index (χ1n) is 13.3. The predicted molar refractivity (Wildman–Crippen MR) is 154 cm³/mol. The first-order valence-corrected chi connectivity index (χ1v) is 14.8. The maximum atomic E-state index is 13.4. The molecule has 1 aliphatic rings. The minimum Gasteiger partial charge on any atom is -0.488 e. The van der Waals surface area contributed by atoms with Gasteiger partial charge >= 0.3 is 6.03 Å². The number of aliphatic hydroxyl groups excluding tert-OH is 1. The van der Waals surface area contributed by atoms with Gasteiger partial charge in [-0.15, -0.1) is 0 Å². The lowest BCUT2D eigenvalue weighted by Crippen LogP contribution is -2.48. The van der Waals surface area contributed by atoms with Crippen LogP contribution < -0.4 is 15.4 Å². The van der Waals surface area contributed by atoms with E-state index in [1.54, 1.807) is 41.6 Å². The highest BCUT2D eigenvalue weighted by Gasteiger charge is 2.34. The molecule has 226 valence electrons. The summed E-state index contributed by atoms with van der Waals surface area (Å²) in [4.78, 5) is 31.5. The largest absolute Gasteiger partial charge is 0.488 e. The third kappa shape index (κ3) is 7.24. The molecule has 1 aliphatic heterocycles. The topological polar surface area (TPSA) is 146 Å². The number of imidazole rings is 1. The number of hydrogen-bond donors (Lipinski definition) is 3. The standard InChI is InChI=1S/C28H35FN6O6S/c1-18-13-35(19(2)16-36)27(37)12-20-11-23(32-28(38)31-22-7-5-21(29)6-8-22)9-10-24(20)41-25(18)14-34(4)42(39,40)26-15-33(3)17-30-26/h5-11,15,17-19,25,36H,12-14,16H2,1-4H3,(H2,31,32,38)/t18-,19-,25+/m1/s1. The SMILES string of the molecule is C[C@@H]1CN([C@H](C)CO)C(=O)Cc2cc(NC(=O)Nc3ccc(F)cc3)ccc2O[C@H]1CN(C)S(=O)(=O)c1cn(C)cn1. The molecule has 0 spiro atoms. The summed E-state index contributed by atoms with van der Waals surface area (Å²) < 4.78 is 48.7. The molecule has 4 rings (SSSR count). The van der Waals surface area contributed by atoms with E-state index in [2.05, 4.69) is 15.6 Å². The molecule has 0 radical (unpaired) electrons. The van der Waals surface area contributed by atoms with Gasteiger partial charge in [0.2, 0.25) is 5.91 Å². The lowest BCUT2D eigenvalue weighted by molar-refractivity contribution is -0.134. The maximum absolute atomic E-state index is 13.4. The summed E-state index contributed by atoms with van der Waals surface area (Å²) in [6.45, 7) is 3.53. The number of ether oxygens (including phenoxy) is 1. The number of nitrogens with zero attached hydrogens (tertiary/aromatic N) is 4. The zero-order chi connectivity index (χ0) is 30.6. The summed E-state index contributed by atoms with van der Waals surface area (Å²) in [5, 5.41) is 15.1. The fraction of sp³-hybridized carbons (Fsp3) is 0.393. The van der Waals surface area contributed by atoms with Crippen molar-refractivity contribution in [3.8, 4) is 5.75 Å². The van der Waals surface area contributed by atoms with E-state index in [0.29, 0.717) is 22.7 Å². The quantitative estimate of drug-likeness (QED) is 0.359. The molecule has 14 heteroatoms. The summed E-state index contributed by atoms with van der Waals surface area (Å²) in [6, 6.07) is 9.08. The number of hydrogen-bond acceptors (Lipinski definition) is 7. The van der Waals surface area contributed by atoms with Gasteiger partial charge in [0.25, 0.3) is 10.0 Å². The van der Waals surface area contributed by atoms with E-state index in [4.69, 9.17) is 4.74 Å². The molecule has 0 saturated carbocycles. The molecule has 0 bridgehead atoms. The first kappa shape index (κ1) is 30.9. The minimum absolute atomic E-state index is 0.0326. The molecule has 0 saturated heterocycles. The Balaban J connectivity index is 1.61. The summed E-state index contributed by atoms with van der Waals surface area (Å²) >= 11 is 0. The van der Waals surface area contributed by atoms with E-state index in [-0.39, 0.29) is 43.0 Å². The Hall–Kier alpha value is -4.01. The predicted octanol–water partition coefficient (Wildman–Crippen LogP) is 2.67. The zero-order valence-corrected chi connectivity index (χ0v) is 24.6. The second-order valence-electron chi connectivity index (χ2n) is 10.5. The summed E-state index contributed by atoms with van der Waals surface area (Å²) in [6.07, 6.45) is 2.07. The highest BCUT2D eigenvalue weighted by atomic mass is 32.2. The van der Waals surface area contributed by atoms with Crippen molar-refractivity contribution in [3.05, 3.63) is 66.4 Å². The second kappa shape index (κ2) is 12.9. The normalized spacial score (nSPS) is 18.4. The van der Waals surface area contributed by atoms with Crippen molar-refractivity contribution in [2.45, 2.75) is 37.4 Å². The molecule has 42 heavy (non-hydrogen) atoms. The summed E-state index contributed by atoms with van der Waals surface area (Å²) in [5.74, 6) is -0.640. The number of carbonyl (C=O) groups excluding carboxylic acids is 2. The van der Waals surface area contributed by atoms with Gasteiger partial charge in [0.1, 0.15) is 17.7 Å². The monoisotopic (exact) mass is 602 g/mol. The molecule has 0 unspecified atom stereocenters. The number of nitrogens with one attached hydrogen (secondary N) is 2. The Labute approximate surface area is 244 Å². The van der Waals surface area contributed by atoms with Gasteiger partial charge < -0.3 is 29.9 Å². The smallest absolute Gasteiger partial charge is 0.323 e. The van der Waals surface area contributed by atoms with Crippen molar-refractivity contribution >= 4 is 33.3 Å². The van der Waals surface area contributed by atoms with E-state index in [0.717, 1.165) is 0 Å². The average Bonchev–Trinajstić information content (AvgIpc) is 3.40. The average molecular weight is 603 g/mol. The van der Waals surface area contributed by atoms with Gasteiger partial charge in [0.15, 0.2) is 5.03 Å². The van der Waals surface area contributed by atoms with E-state index >= 15 is 0 Å². The van der Waals surface area contributed by atoms with Crippen LogP contribution in [0.15, 0.2) is 60.0 Å². The van der Waals surface area contributed by atoms with Crippen molar-refractivity contribution < 1.29 is 32.2 Å². The van der Waals surface area contributed by atoms with Crippen LogP contribution in [-0.4, -0.2) is 83.1 Å². The number of fused-ring (bicyclic) bond motifs is 1. The van der Waals surface area contributed by atoms with Crippen LogP contribution in [-0.2, 0) is 28.3 Å². The molecule has 12 nitrogen and oxygen atoms in total. The Morgan fingerprint density at radius 1 is 1.21 bits per heavy atom. The van der Waals surface area contributed by atoms with E-state index < -0.39 is 34.0 Å². The minimum atomic E-state index is -3.92. The van der Waals surface area contributed by atoms with Crippen LogP contribution in [0.2, 0.25) is 0 Å². The Bertz CT molecular complexity index is 1530. The number of aryl methyl sites for hydroxylation is 1. The Kier molecular flexibility index (Phi) is 9.49. The Morgan fingerprint density at radius 2 is 1.88 bits per heavy atom. The van der Waals surface area contributed by atoms with E-state index in [1.807, 2.05) is 6.92 Å². The Morgan fingerprint density at radius 3 is 2.52 bits per heavy atom. The van der Waals surface area contributed by atoms with Crippen LogP contribution >= 0.6 is 0 Å². The molecule has 2 aromatic carbocycles. The molecule has 3 atom stereocenters. The third-order valence-corrected chi connectivity index (χ3v) is 8.78. The molecule has 0 aliphatic carbocycles. The number of amides is 3. The number of rotatable bonds is 8.